The van der Waals surface area contributed by atoms with Crippen LogP contribution in [0, 0.1) is 5.92 Å². The highest BCUT2D eigenvalue weighted by Crippen LogP contribution is 2.38. The standard InChI is InChI=1S/C15H21BrO/c1-10(2)12-4-6-13(7-5-12)15(16)14-8-11(3)17-9-14/h4-7,10-11,14-15H,8-9H2,1-3H3. The molecule has 0 bridgehead atoms. The maximum Gasteiger partial charge on any atom is 0.0551 e. The molecule has 2 rings (SSSR count). The second-order valence-corrected chi connectivity index (χ2v) is 6.35. The van der Waals surface area contributed by atoms with Gasteiger partial charge in [-0.3, -0.25) is 0 Å². The lowest BCUT2D eigenvalue weighted by atomic mass is 9.94. The van der Waals surface area contributed by atoms with Crippen molar-refractivity contribution in [3.8, 4) is 0 Å². The Bertz CT molecular complexity index is 358. The normalized spacial score (nSPS) is 26.4. The lowest BCUT2D eigenvalue weighted by molar-refractivity contribution is 0.120. The first-order chi connectivity index (χ1) is 8.08. The Labute approximate surface area is 113 Å². The van der Waals surface area contributed by atoms with Crippen LogP contribution in [-0.2, 0) is 4.74 Å². The van der Waals surface area contributed by atoms with E-state index in [2.05, 4.69) is 61.0 Å². The number of rotatable bonds is 3. The van der Waals surface area contributed by atoms with E-state index in [0.29, 0.717) is 22.8 Å². The van der Waals surface area contributed by atoms with Gasteiger partial charge in [0.05, 0.1) is 12.7 Å². The van der Waals surface area contributed by atoms with Gasteiger partial charge in [0.15, 0.2) is 0 Å². The van der Waals surface area contributed by atoms with Crippen LogP contribution in [0.5, 0.6) is 0 Å². The van der Waals surface area contributed by atoms with Crippen molar-refractivity contribution in [2.75, 3.05) is 6.61 Å². The van der Waals surface area contributed by atoms with Gasteiger partial charge in [0.1, 0.15) is 0 Å². The van der Waals surface area contributed by atoms with Crippen molar-refractivity contribution in [2.24, 2.45) is 5.92 Å². The highest BCUT2D eigenvalue weighted by Gasteiger charge is 2.28. The van der Waals surface area contributed by atoms with Gasteiger partial charge < -0.3 is 4.74 Å². The Hall–Kier alpha value is -0.340. The zero-order valence-corrected chi connectivity index (χ0v) is 12.4. The molecule has 3 unspecified atom stereocenters. The quantitative estimate of drug-likeness (QED) is 0.737. The number of alkyl halides is 1. The summed E-state index contributed by atoms with van der Waals surface area (Å²) < 4.78 is 5.64. The van der Waals surface area contributed by atoms with Crippen molar-refractivity contribution in [3.05, 3.63) is 35.4 Å². The van der Waals surface area contributed by atoms with Crippen LogP contribution >= 0.6 is 15.9 Å². The summed E-state index contributed by atoms with van der Waals surface area (Å²) in [5, 5.41) is 0. The molecule has 1 aromatic carbocycles. The third-order valence-electron chi connectivity index (χ3n) is 3.56. The fourth-order valence-electron chi connectivity index (χ4n) is 2.39. The minimum Gasteiger partial charge on any atom is -0.378 e. The maximum absolute atomic E-state index is 5.64. The average molecular weight is 297 g/mol. The summed E-state index contributed by atoms with van der Waals surface area (Å²) in [6.45, 7) is 7.49. The first-order valence-electron chi connectivity index (χ1n) is 6.43. The smallest absolute Gasteiger partial charge is 0.0551 e. The second-order valence-electron chi connectivity index (χ2n) is 5.36. The number of benzene rings is 1. The van der Waals surface area contributed by atoms with Crippen LogP contribution < -0.4 is 0 Å². The van der Waals surface area contributed by atoms with E-state index in [0.717, 1.165) is 13.0 Å². The Morgan fingerprint density at radius 3 is 2.24 bits per heavy atom. The molecule has 0 saturated carbocycles. The van der Waals surface area contributed by atoms with Gasteiger partial charge in [0, 0.05) is 10.7 Å². The molecule has 1 nitrogen and oxygen atoms in total. The molecule has 0 aliphatic carbocycles. The van der Waals surface area contributed by atoms with Crippen molar-refractivity contribution in [1.29, 1.82) is 0 Å². The van der Waals surface area contributed by atoms with E-state index < -0.39 is 0 Å². The Morgan fingerprint density at radius 2 is 1.76 bits per heavy atom. The summed E-state index contributed by atoms with van der Waals surface area (Å²) in [5.41, 5.74) is 2.78. The van der Waals surface area contributed by atoms with Gasteiger partial charge >= 0.3 is 0 Å². The van der Waals surface area contributed by atoms with E-state index in [1.807, 2.05) is 0 Å². The third kappa shape index (κ3) is 3.11. The van der Waals surface area contributed by atoms with Gasteiger partial charge in [-0.05, 0) is 30.4 Å². The summed E-state index contributed by atoms with van der Waals surface area (Å²) in [6, 6.07) is 8.98. The molecule has 94 valence electrons. The van der Waals surface area contributed by atoms with Gasteiger partial charge in [0.25, 0.3) is 0 Å². The van der Waals surface area contributed by atoms with Gasteiger partial charge in [-0.1, -0.05) is 54.0 Å². The van der Waals surface area contributed by atoms with Gasteiger partial charge in [-0.15, -0.1) is 0 Å². The summed E-state index contributed by atoms with van der Waals surface area (Å²) in [6.07, 6.45) is 1.57. The topological polar surface area (TPSA) is 9.23 Å². The van der Waals surface area contributed by atoms with E-state index in [1.165, 1.54) is 11.1 Å². The van der Waals surface area contributed by atoms with Crippen LogP contribution in [-0.4, -0.2) is 12.7 Å². The largest absolute Gasteiger partial charge is 0.378 e. The van der Waals surface area contributed by atoms with Crippen LogP contribution in [0.15, 0.2) is 24.3 Å². The van der Waals surface area contributed by atoms with Crippen LogP contribution in [0.2, 0.25) is 0 Å². The van der Waals surface area contributed by atoms with E-state index in [9.17, 15) is 0 Å². The fraction of sp³-hybridized carbons (Fsp3) is 0.600. The van der Waals surface area contributed by atoms with Crippen molar-refractivity contribution < 1.29 is 4.74 Å². The summed E-state index contributed by atoms with van der Waals surface area (Å²) in [4.78, 5) is 0.425. The average Bonchev–Trinajstić information content (AvgIpc) is 2.75. The molecule has 0 spiro atoms. The van der Waals surface area contributed by atoms with Crippen LogP contribution in [0.1, 0.15) is 49.1 Å². The van der Waals surface area contributed by atoms with Crippen LogP contribution in [0.3, 0.4) is 0 Å². The predicted molar refractivity (Wildman–Crippen MR) is 75.7 cm³/mol. The monoisotopic (exact) mass is 296 g/mol. The third-order valence-corrected chi connectivity index (χ3v) is 4.84. The highest BCUT2D eigenvalue weighted by atomic mass is 79.9. The van der Waals surface area contributed by atoms with Gasteiger partial charge in [-0.2, -0.15) is 0 Å². The Kier molecular flexibility index (Phi) is 4.26. The SMILES string of the molecule is CC1CC(C(Br)c2ccc(C(C)C)cc2)CO1. The zero-order valence-electron chi connectivity index (χ0n) is 10.8. The molecule has 0 radical (unpaired) electrons. The Morgan fingerprint density at radius 1 is 1.18 bits per heavy atom. The van der Waals surface area contributed by atoms with Crippen molar-refractivity contribution in [3.63, 3.8) is 0 Å². The molecule has 0 N–H and O–H groups in total. The summed E-state index contributed by atoms with van der Waals surface area (Å²) in [5.74, 6) is 1.21. The number of hydrogen-bond donors (Lipinski definition) is 0. The fourth-order valence-corrected chi connectivity index (χ4v) is 3.06. The first-order valence-corrected chi connectivity index (χ1v) is 7.35. The molecule has 1 aliphatic heterocycles. The van der Waals surface area contributed by atoms with Crippen molar-refractivity contribution in [1.82, 2.24) is 0 Å². The Balaban J connectivity index is 2.06. The molecule has 1 fully saturated rings. The van der Waals surface area contributed by atoms with Crippen LogP contribution in [0.4, 0.5) is 0 Å². The molecule has 1 aromatic rings. The first kappa shape index (κ1) is 13.1. The molecule has 1 aliphatic rings. The number of halogens is 1. The molecule has 0 amide bonds. The van der Waals surface area contributed by atoms with Gasteiger partial charge in [0.2, 0.25) is 0 Å². The molecule has 0 aromatic heterocycles. The molecule has 3 atom stereocenters. The lowest BCUT2D eigenvalue weighted by Crippen LogP contribution is -2.07. The zero-order chi connectivity index (χ0) is 12.4. The predicted octanol–water partition coefficient (Wildman–Crippen LogP) is 4.67. The number of ether oxygens (including phenoxy) is 1. The van der Waals surface area contributed by atoms with E-state index in [4.69, 9.17) is 4.74 Å². The molecule has 1 saturated heterocycles. The molecule has 1 heterocycles. The van der Waals surface area contributed by atoms with E-state index in [-0.39, 0.29) is 0 Å². The summed E-state index contributed by atoms with van der Waals surface area (Å²) in [7, 11) is 0. The lowest BCUT2D eigenvalue weighted by Gasteiger charge is -2.17. The second kappa shape index (κ2) is 5.53. The van der Waals surface area contributed by atoms with Crippen molar-refractivity contribution >= 4 is 15.9 Å². The molecule has 2 heteroatoms. The number of hydrogen-bond acceptors (Lipinski definition) is 1. The minimum atomic E-state index is 0.412. The minimum absolute atomic E-state index is 0.412. The van der Waals surface area contributed by atoms with Crippen LogP contribution in [0.25, 0.3) is 0 Å². The molecule has 17 heavy (non-hydrogen) atoms. The van der Waals surface area contributed by atoms with Gasteiger partial charge in [-0.25, -0.2) is 0 Å². The highest BCUT2D eigenvalue weighted by molar-refractivity contribution is 9.09. The van der Waals surface area contributed by atoms with Crippen molar-refractivity contribution in [2.45, 2.75) is 44.0 Å². The van der Waals surface area contributed by atoms with E-state index in [1.54, 1.807) is 0 Å². The maximum atomic E-state index is 5.64. The summed E-state index contributed by atoms with van der Waals surface area (Å²) >= 11 is 3.82. The van der Waals surface area contributed by atoms with E-state index >= 15 is 0 Å². The molecular weight excluding hydrogens is 276 g/mol. The molecular formula is C15H21BrO.